The molecule has 0 aliphatic heterocycles. The van der Waals surface area contributed by atoms with Gasteiger partial charge in [-0.2, -0.15) is 0 Å². The Kier molecular flexibility index (Phi) is 5.58. The van der Waals surface area contributed by atoms with Crippen LogP contribution < -0.4 is 11.3 Å². The predicted octanol–water partition coefficient (Wildman–Crippen LogP) is 2.01. The second kappa shape index (κ2) is 8.05. The third-order valence-electron chi connectivity index (χ3n) is 4.25. The van der Waals surface area contributed by atoms with E-state index in [9.17, 15) is 4.79 Å². The summed E-state index contributed by atoms with van der Waals surface area (Å²) in [6, 6.07) is 15.9. The molecule has 0 radical (unpaired) electrons. The van der Waals surface area contributed by atoms with Crippen LogP contribution in [0.1, 0.15) is 16.8 Å². The van der Waals surface area contributed by atoms with Gasteiger partial charge in [0.1, 0.15) is 5.65 Å². The van der Waals surface area contributed by atoms with Crippen LogP contribution in [0.5, 0.6) is 0 Å². The van der Waals surface area contributed by atoms with Gasteiger partial charge in [-0.25, -0.2) is 4.98 Å². The Balaban J connectivity index is 1.76. The first-order chi connectivity index (χ1) is 12.2. The number of rotatable bonds is 7. The molecule has 2 heterocycles. The number of aromatic nitrogens is 2. The SMILES string of the molecule is Cc1ccc2nc(CN(CCN)CCc3ccccc3)cc(=O)n2c1. The lowest BCUT2D eigenvalue weighted by molar-refractivity contribution is 0.273. The number of pyridine rings is 1. The maximum Gasteiger partial charge on any atom is 0.258 e. The Bertz CT molecular complexity index is 889. The van der Waals surface area contributed by atoms with Crippen molar-refractivity contribution in [1.82, 2.24) is 14.3 Å². The lowest BCUT2D eigenvalue weighted by Gasteiger charge is -2.21. The van der Waals surface area contributed by atoms with Gasteiger partial charge < -0.3 is 5.73 Å². The summed E-state index contributed by atoms with van der Waals surface area (Å²) in [4.78, 5) is 19.2. The summed E-state index contributed by atoms with van der Waals surface area (Å²) in [5, 5.41) is 0. The molecule has 0 amide bonds. The second-order valence-corrected chi connectivity index (χ2v) is 6.32. The van der Waals surface area contributed by atoms with Crippen LogP contribution in [0.3, 0.4) is 0 Å². The second-order valence-electron chi connectivity index (χ2n) is 6.32. The highest BCUT2D eigenvalue weighted by molar-refractivity contribution is 5.39. The minimum Gasteiger partial charge on any atom is -0.329 e. The van der Waals surface area contributed by atoms with Crippen molar-refractivity contribution in [2.75, 3.05) is 19.6 Å². The molecule has 0 aliphatic carbocycles. The summed E-state index contributed by atoms with van der Waals surface area (Å²) in [7, 11) is 0. The maximum atomic E-state index is 12.4. The molecule has 0 aliphatic rings. The highest BCUT2D eigenvalue weighted by atomic mass is 16.1. The Morgan fingerprint density at radius 3 is 2.68 bits per heavy atom. The van der Waals surface area contributed by atoms with Crippen molar-refractivity contribution in [2.45, 2.75) is 19.9 Å². The Morgan fingerprint density at radius 2 is 1.92 bits per heavy atom. The largest absolute Gasteiger partial charge is 0.329 e. The molecule has 130 valence electrons. The zero-order chi connectivity index (χ0) is 17.6. The number of aryl methyl sites for hydroxylation is 1. The van der Waals surface area contributed by atoms with Gasteiger partial charge in [0.15, 0.2) is 0 Å². The molecule has 0 unspecified atom stereocenters. The molecular formula is C20H24N4O. The summed E-state index contributed by atoms with van der Waals surface area (Å²) in [6.45, 7) is 4.84. The first kappa shape index (κ1) is 17.3. The molecule has 0 spiro atoms. The molecule has 5 heteroatoms. The Morgan fingerprint density at radius 1 is 1.12 bits per heavy atom. The normalized spacial score (nSPS) is 11.3. The van der Waals surface area contributed by atoms with Crippen LogP contribution in [0, 0.1) is 6.92 Å². The first-order valence-electron chi connectivity index (χ1n) is 8.61. The molecule has 0 saturated carbocycles. The number of hydrogen-bond donors (Lipinski definition) is 1. The van der Waals surface area contributed by atoms with Crippen LogP contribution >= 0.6 is 0 Å². The van der Waals surface area contributed by atoms with Gasteiger partial charge in [-0.05, 0) is 30.5 Å². The number of nitrogens with two attached hydrogens (primary N) is 1. The molecule has 0 atom stereocenters. The molecule has 0 bridgehead atoms. The van der Waals surface area contributed by atoms with Gasteiger partial charge in [-0.1, -0.05) is 36.4 Å². The van der Waals surface area contributed by atoms with E-state index >= 15 is 0 Å². The van der Waals surface area contributed by atoms with Gasteiger partial charge in [0.25, 0.3) is 5.56 Å². The first-order valence-corrected chi connectivity index (χ1v) is 8.61. The quantitative estimate of drug-likeness (QED) is 0.717. The van der Waals surface area contributed by atoms with E-state index in [1.54, 1.807) is 10.5 Å². The minimum absolute atomic E-state index is 0.0422. The van der Waals surface area contributed by atoms with Crippen LogP contribution in [0.15, 0.2) is 59.5 Å². The van der Waals surface area contributed by atoms with Crippen LogP contribution in [0.25, 0.3) is 5.65 Å². The van der Waals surface area contributed by atoms with E-state index in [1.165, 1.54) is 5.56 Å². The smallest absolute Gasteiger partial charge is 0.258 e. The molecule has 25 heavy (non-hydrogen) atoms. The summed E-state index contributed by atoms with van der Waals surface area (Å²) >= 11 is 0. The van der Waals surface area contributed by atoms with Crippen molar-refractivity contribution in [3.63, 3.8) is 0 Å². The fraction of sp³-hybridized carbons (Fsp3) is 0.300. The van der Waals surface area contributed by atoms with E-state index in [-0.39, 0.29) is 5.56 Å². The van der Waals surface area contributed by atoms with E-state index in [1.807, 2.05) is 31.3 Å². The van der Waals surface area contributed by atoms with Crippen molar-refractivity contribution in [1.29, 1.82) is 0 Å². The molecule has 1 aromatic carbocycles. The minimum atomic E-state index is -0.0422. The van der Waals surface area contributed by atoms with Crippen LogP contribution in [0.4, 0.5) is 0 Å². The zero-order valence-electron chi connectivity index (χ0n) is 14.6. The third kappa shape index (κ3) is 4.53. The van der Waals surface area contributed by atoms with Crippen molar-refractivity contribution < 1.29 is 0 Å². The number of hydrogen-bond acceptors (Lipinski definition) is 4. The average Bonchev–Trinajstić information content (AvgIpc) is 2.61. The molecule has 2 N–H and O–H groups in total. The molecule has 2 aromatic heterocycles. The zero-order valence-corrected chi connectivity index (χ0v) is 14.6. The van der Waals surface area contributed by atoms with E-state index < -0.39 is 0 Å². The van der Waals surface area contributed by atoms with Gasteiger partial charge in [0.2, 0.25) is 0 Å². The monoisotopic (exact) mass is 336 g/mol. The van der Waals surface area contributed by atoms with Gasteiger partial charge >= 0.3 is 0 Å². The highest BCUT2D eigenvalue weighted by Gasteiger charge is 2.09. The van der Waals surface area contributed by atoms with Crippen LogP contribution in [0.2, 0.25) is 0 Å². The molecule has 0 saturated heterocycles. The predicted molar refractivity (Wildman–Crippen MR) is 101 cm³/mol. The van der Waals surface area contributed by atoms with E-state index in [2.05, 4.69) is 34.1 Å². The van der Waals surface area contributed by atoms with E-state index in [4.69, 9.17) is 5.73 Å². The Hall–Kier alpha value is -2.50. The topological polar surface area (TPSA) is 63.6 Å². The van der Waals surface area contributed by atoms with Crippen molar-refractivity contribution >= 4 is 5.65 Å². The fourth-order valence-corrected chi connectivity index (χ4v) is 2.95. The van der Waals surface area contributed by atoms with E-state index in [0.717, 1.165) is 30.8 Å². The number of benzene rings is 1. The lowest BCUT2D eigenvalue weighted by Crippen LogP contribution is -2.32. The summed E-state index contributed by atoms with van der Waals surface area (Å²) in [6.07, 6.45) is 2.77. The molecular weight excluding hydrogens is 312 g/mol. The summed E-state index contributed by atoms with van der Waals surface area (Å²) in [5.74, 6) is 0. The fourth-order valence-electron chi connectivity index (χ4n) is 2.95. The highest BCUT2D eigenvalue weighted by Crippen LogP contribution is 2.07. The number of fused-ring (bicyclic) bond motifs is 1. The third-order valence-corrected chi connectivity index (χ3v) is 4.25. The number of nitrogens with zero attached hydrogens (tertiary/aromatic N) is 3. The van der Waals surface area contributed by atoms with Gasteiger partial charge in [-0.15, -0.1) is 0 Å². The molecule has 3 rings (SSSR count). The van der Waals surface area contributed by atoms with Gasteiger partial charge in [0.05, 0.1) is 5.69 Å². The van der Waals surface area contributed by atoms with Crippen molar-refractivity contribution in [3.05, 3.63) is 81.9 Å². The molecule has 5 nitrogen and oxygen atoms in total. The summed E-state index contributed by atoms with van der Waals surface area (Å²) < 4.78 is 1.59. The molecule has 3 aromatic rings. The van der Waals surface area contributed by atoms with Crippen LogP contribution in [-0.4, -0.2) is 33.9 Å². The van der Waals surface area contributed by atoms with Crippen molar-refractivity contribution in [2.24, 2.45) is 5.73 Å². The van der Waals surface area contributed by atoms with Gasteiger partial charge in [-0.3, -0.25) is 14.1 Å². The average molecular weight is 336 g/mol. The Labute approximate surface area is 147 Å². The standard InChI is InChI=1S/C20H24N4O/c1-16-7-8-19-22-18(13-20(25)24(19)14-16)15-23(12-10-21)11-9-17-5-3-2-4-6-17/h2-8,13-14H,9-12,15,21H2,1H3. The molecule has 0 fully saturated rings. The van der Waals surface area contributed by atoms with Crippen LogP contribution in [-0.2, 0) is 13.0 Å². The van der Waals surface area contributed by atoms with E-state index in [0.29, 0.717) is 18.7 Å². The lowest BCUT2D eigenvalue weighted by atomic mass is 10.1. The summed E-state index contributed by atoms with van der Waals surface area (Å²) in [5.41, 5.74) is 9.53. The van der Waals surface area contributed by atoms with Crippen molar-refractivity contribution in [3.8, 4) is 0 Å². The van der Waals surface area contributed by atoms with Gasteiger partial charge in [0, 0.05) is 38.4 Å². The maximum absolute atomic E-state index is 12.4.